The first-order valence-electron chi connectivity index (χ1n) is 6.75. The van der Waals surface area contributed by atoms with E-state index < -0.39 is 5.60 Å². The van der Waals surface area contributed by atoms with Crippen LogP contribution in [0.3, 0.4) is 0 Å². The summed E-state index contributed by atoms with van der Waals surface area (Å²) < 4.78 is 5.42. The summed E-state index contributed by atoms with van der Waals surface area (Å²) in [6, 6.07) is 3.48. The highest BCUT2D eigenvalue weighted by atomic mass is 35.5. The van der Waals surface area contributed by atoms with Crippen LogP contribution in [0.15, 0.2) is 12.1 Å². The molecule has 0 fully saturated rings. The number of nitrogens with one attached hydrogen (secondary N) is 1. The second kappa shape index (κ2) is 5.52. The van der Waals surface area contributed by atoms with Crippen LogP contribution in [0, 0.1) is 5.92 Å². The van der Waals surface area contributed by atoms with Gasteiger partial charge in [-0.15, -0.1) is 0 Å². The monoisotopic (exact) mass is 297 g/mol. The molecule has 0 saturated heterocycles. The van der Waals surface area contributed by atoms with Crippen LogP contribution in [-0.2, 0) is 16.0 Å². The van der Waals surface area contributed by atoms with E-state index >= 15 is 0 Å². The predicted molar refractivity (Wildman–Crippen MR) is 79.3 cm³/mol. The van der Waals surface area contributed by atoms with Crippen LogP contribution in [0.1, 0.15) is 32.8 Å². The molecule has 2 N–H and O–H groups in total. The van der Waals surface area contributed by atoms with Crippen molar-refractivity contribution in [3.8, 4) is 5.75 Å². The minimum Gasteiger partial charge on any atom is -0.506 e. The van der Waals surface area contributed by atoms with Gasteiger partial charge in [0, 0.05) is 17.8 Å². The Kier molecular flexibility index (Phi) is 4.14. The molecule has 110 valence electrons. The first-order chi connectivity index (χ1) is 9.28. The third kappa shape index (κ3) is 3.37. The van der Waals surface area contributed by atoms with Gasteiger partial charge in [-0.05, 0) is 45.7 Å². The lowest BCUT2D eigenvalue weighted by Crippen LogP contribution is -2.31. The zero-order valence-electron chi connectivity index (χ0n) is 12.0. The second-order valence-electron chi connectivity index (χ2n) is 6.07. The first-order valence-corrected chi connectivity index (χ1v) is 7.13. The summed E-state index contributed by atoms with van der Waals surface area (Å²) in [7, 11) is 0. The molecular weight excluding hydrogens is 278 g/mol. The Hall–Kier alpha value is -1.42. The van der Waals surface area contributed by atoms with Crippen LogP contribution >= 0.6 is 11.6 Å². The summed E-state index contributed by atoms with van der Waals surface area (Å²) in [4.78, 5) is 12.1. The summed E-state index contributed by atoms with van der Waals surface area (Å²) in [6.45, 7) is 6.07. The Balaban J connectivity index is 2.12. The number of halogens is 1. The average molecular weight is 298 g/mol. The number of fused-ring (bicyclic) bond motifs is 1. The molecule has 0 radical (unpaired) electrons. The molecule has 1 aromatic rings. The van der Waals surface area contributed by atoms with E-state index in [1.165, 1.54) is 0 Å². The molecule has 0 aliphatic carbocycles. The molecule has 5 heteroatoms. The van der Waals surface area contributed by atoms with Crippen molar-refractivity contribution in [3.05, 3.63) is 22.7 Å². The zero-order chi connectivity index (χ0) is 14.9. The van der Waals surface area contributed by atoms with Crippen molar-refractivity contribution in [1.29, 1.82) is 0 Å². The number of anilines is 1. The molecule has 1 aliphatic rings. The first kappa shape index (κ1) is 15.0. The molecule has 0 spiro atoms. The SMILES string of the molecule is CC(C)(C)OC(=O)C1CCc2c(ccc(Cl)c2O)NC1. The highest BCUT2D eigenvalue weighted by Crippen LogP contribution is 2.36. The van der Waals surface area contributed by atoms with Gasteiger partial charge in [0.25, 0.3) is 0 Å². The van der Waals surface area contributed by atoms with Crippen molar-refractivity contribution >= 4 is 23.3 Å². The van der Waals surface area contributed by atoms with E-state index in [-0.39, 0.29) is 17.6 Å². The number of hydrogen-bond acceptors (Lipinski definition) is 4. The molecule has 2 rings (SSSR count). The Bertz CT molecular complexity index is 523. The van der Waals surface area contributed by atoms with Gasteiger partial charge in [-0.1, -0.05) is 11.6 Å². The summed E-state index contributed by atoms with van der Waals surface area (Å²) in [6.07, 6.45) is 1.22. The van der Waals surface area contributed by atoms with Crippen molar-refractivity contribution in [2.45, 2.75) is 39.2 Å². The van der Waals surface area contributed by atoms with Gasteiger partial charge < -0.3 is 15.2 Å². The maximum Gasteiger partial charge on any atom is 0.311 e. The fourth-order valence-corrected chi connectivity index (χ4v) is 2.44. The number of carbonyl (C=O) groups is 1. The zero-order valence-corrected chi connectivity index (χ0v) is 12.8. The van der Waals surface area contributed by atoms with Gasteiger partial charge in [0.05, 0.1) is 10.9 Å². The summed E-state index contributed by atoms with van der Waals surface area (Å²) in [5.74, 6) is -0.329. The lowest BCUT2D eigenvalue weighted by Gasteiger charge is -2.23. The largest absolute Gasteiger partial charge is 0.506 e. The molecule has 1 atom stereocenters. The number of esters is 1. The van der Waals surface area contributed by atoms with Crippen LogP contribution < -0.4 is 5.32 Å². The van der Waals surface area contributed by atoms with E-state index in [9.17, 15) is 9.90 Å². The van der Waals surface area contributed by atoms with Crippen molar-refractivity contribution in [1.82, 2.24) is 0 Å². The number of rotatable bonds is 1. The molecular formula is C15H20ClNO3. The fraction of sp³-hybridized carbons (Fsp3) is 0.533. The van der Waals surface area contributed by atoms with Gasteiger partial charge in [-0.2, -0.15) is 0 Å². The van der Waals surface area contributed by atoms with Crippen molar-refractivity contribution in [2.24, 2.45) is 5.92 Å². The number of carbonyl (C=O) groups excluding carboxylic acids is 1. The average Bonchev–Trinajstić information content (AvgIpc) is 2.54. The van der Waals surface area contributed by atoms with Crippen LogP contribution in [0.2, 0.25) is 5.02 Å². The number of ether oxygens (including phenoxy) is 1. The van der Waals surface area contributed by atoms with E-state index in [0.717, 1.165) is 11.3 Å². The third-order valence-corrected chi connectivity index (χ3v) is 3.56. The lowest BCUT2D eigenvalue weighted by molar-refractivity contribution is -0.159. The lowest BCUT2D eigenvalue weighted by atomic mass is 10.00. The fourth-order valence-electron chi connectivity index (χ4n) is 2.27. The maximum atomic E-state index is 12.1. The van der Waals surface area contributed by atoms with Crippen molar-refractivity contribution < 1.29 is 14.6 Å². The van der Waals surface area contributed by atoms with Gasteiger partial charge >= 0.3 is 5.97 Å². The molecule has 0 saturated carbocycles. The third-order valence-electron chi connectivity index (χ3n) is 3.26. The highest BCUT2D eigenvalue weighted by Gasteiger charge is 2.28. The quantitative estimate of drug-likeness (QED) is 0.780. The summed E-state index contributed by atoms with van der Waals surface area (Å²) in [5.41, 5.74) is 1.11. The Labute approximate surface area is 124 Å². The molecule has 4 nitrogen and oxygen atoms in total. The topological polar surface area (TPSA) is 58.6 Å². The van der Waals surface area contributed by atoms with Crippen LogP contribution in [0.5, 0.6) is 5.75 Å². The van der Waals surface area contributed by atoms with Crippen LogP contribution in [-0.4, -0.2) is 23.2 Å². The maximum absolute atomic E-state index is 12.1. The van der Waals surface area contributed by atoms with Crippen LogP contribution in [0.4, 0.5) is 5.69 Å². The molecule has 0 aromatic heterocycles. The Morgan fingerprint density at radius 2 is 2.15 bits per heavy atom. The molecule has 0 amide bonds. The number of aromatic hydroxyl groups is 1. The molecule has 1 aliphatic heterocycles. The van der Waals surface area contributed by atoms with Gasteiger partial charge in [-0.3, -0.25) is 4.79 Å². The van der Waals surface area contributed by atoms with E-state index in [0.29, 0.717) is 24.4 Å². The number of benzene rings is 1. The second-order valence-corrected chi connectivity index (χ2v) is 6.48. The van der Waals surface area contributed by atoms with E-state index in [4.69, 9.17) is 16.3 Å². The van der Waals surface area contributed by atoms with E-state index in [2.05, 4.69) is 5.32 Å². The minimum atomic E-state index is -0.484. The molecule has 20 heavy (non-hydrogen) atoms. The molecule has 1 heterocycles. The van der Waals surface area contributed by atoms with Gasteiger partial charge in [0.2, 0.25) is 0 Å². The standard InChI is InChI=1S/C15H20ClNO3/c1-15(2,3)20-14(19)9-4-5-10-12(17-8-9)7-6-11(16)13(10)18/h6-7,9,17-18H,4-5,8H2,1-3H3. The van der Waals surface area contributed by atoms with Crippen LogP contribution in [0.25, 0.3) is 0 Å². The molecule has 1 unspecified atom stereocenters. The minimum absolute atomic E-state index is 0.0986. The molecule has 1 aromatic carbocycles. The normalized spacial score (nSPS) is 18.7. The van der Waals surface area contributed by atoms with E-state index in [1.807, 2.05) is 26.8 Å². The summed E-state index contributed by atoms with van der Waals surface area (Å²) >= 11 is 5.92. The smallest absolute Gasteiger partial charge is 0.311 e. The summed E-state index contributed by atoms with van der Waals surface area (Å²) in [5, 5.41) is 13.5. The van der Waals surface area contributed by atoms with Gasteiger partial charge in [0.1, 0.15) is 11.4 Å². The van der Waals surface area contributed by atoms with Gasteiger partial charge in [-0.25, -0.2) is 0 Å². The number of phenolic OH excluding ortho intramolecular Hbond substituents is 1. The number of hydrogen-bond donors (Lipinski definition) is 2. The molecule has 0 bridgehead atoms. The Morgan fingerprint density at radius 1 is 1.45 bits per heavy atom. The van der Waals surface area contributed by atoms with Crippen molar-refractivity contribution in [3.63, 3.8) is 0 Å². The Morgan fingerprint density at radius 3 is 2.80 bits per heavy atom. The predicted octanol–water partition coefficient (Wildman–Crippen LogP) is 3.36. The van der Waals surface area contributed by atoms with Crippen molar-refractivity contribution in [2.75, 3.05) is 11.9 Å². The number of phenols is 1. The van der Waals surface area contributed by atoms with Gasteiger partial charge in [0.15, 0.2) is 0 Å². The highest BCUT2D eigenvalue weighted by molar-refractivity contribution is 6.32. The van der Waals surface area contributed by atoms with E-state index in [1.54, 1.807) is 6.07 Å².